The molecule has 0 heterocycles. The summed E-state index contributed by atoms with van der Waals surface area (Å²) in [6.07, 6.45) is 2.62. The highest BCUT2D eigenvalue weighted by Gasteiger charge is 1.90. The van der Waals surface area contributed by atoms with Crippen LogP contribution in [0.25, 0.3) is 0 Å². The SMILES string of the molecule is C=C(C)C(=O)O.O=C=NCCN=C=O. The van der Waals surface area contributed by atoms with Crippen molar-refractivity contribution in [2.75, 3.05) is 13.1 Å². The summed E-state index contributed by atoms with van der Waals surface area (Å²) in [5.74, 6) is -0.935. The molecule has 1 N–H and O–H groups in total. The molecule has 0 saturated heterocycles. The van der Waals surface area contributed by atoms with Crippen molar-refractivity contribution in [2.45, 2.75) is 6.92 Å². The first-order valence-electron chi connectivity index (χ1n) is 3.52. The number of aliphatic carboxylic acids is 1. The van der Waals surface area contributed by atoms with E-state index in [0.29, 0.717) is 0 Å². The van der Waals surface area contributed by atoms with Gasteiger partial charge in [0.05, 0.1) is 13.1 Å². The Morgan fingerprint density at radius 2 is 1.57 bits per heavy atom. The van der Waals surface area contributed by atoms with Crippen LogP contribution in [0.3, 0.4) is 0 Å². The molecule has 0 aromatic heterocycles. The molecule has 0 aliphatic heterocycles. The third kappa shape index (κ3) is 16.5. The Hall–Kier alpha value is -2.03. The van der Waals surface area contributed by atoms with E-state index in [1.54, 1.807) is 0 Å². The fraction of sp³-hybridized carbons (Fsp3) is 0.375. The van der Waals surface area contributed by atoms with Gasteiger partial charge < -0.3 is 5.11 Å². The van der Waals surface area contributed by atoms with Gasteiger partial charge >= 0.3 is 5.97 Å². The van der Waals surface area contributed by atoms with Gasteiger partial charge in [-0.3, -0.25) is 0 Å². The third-order valence-electron chi connectivity index (χ3n) is 0.818. The van der Waals surface area contributed by atoms with Crippen molar-refractivity contribution in [2.24, 2.45) is 9.98 Å². The minimum absolute atomic E-state index is 0.176. The second-order valence-corrected chi connectivity index (χ2v) is 2.03. The molecule has 14 heavy (non-hydrogen) atoms. The van der Waals surface area contributed by atoms with E-state index < -0.39 is 5.97 Å². The molecular weight excluding hydrogens is 188 g/mol. The molecular formula is C8H10N2O4. The van der Waals surface area contributed by atoms with Crippen LogP contribution < -0.4 is 0 Å². The van der Waals surface area contributed by atoms with E-state index in [1.807, 2.05) is 0 Å². The van der Waals surface area contributed by atoms with Gasteiger partial charge in [0, 0.05) is 5.57 Å². The highest BCUT2D eigenvalue weighted by Crippen LogP contribution is 1.81. The van der Waals surface area contributed by atoms with Crippen molar-refractivity contribution in [3.05, 3.63) is 12.2 Å². The summed E-state index contributed by atoms with van der Waals surface area (Å²) in [5, 5.41) is 7.89. The monoisotopic (exact) mass is 198 g/mol. The lowest BCUT2D eigenvalue weighted by Crippen LogP contribution is -1.92. The lowest BCUT2D eigenvalue weighted by Gasteiger charge is -1.79. The zero-order valence-electron chi connectivity index (χ0n) is 7.69. The Kier molecular flexibility index (Phi) is 11.4. The standard InChI is InChI=1S/C4H4N2O2.C4H6O2/c7-3-5-1-2-6-4-8;1-3(2)4(5)6/h1-2H2;1H2,2H3,(H,5,6). The number of rotatable bonds is 4. The minimum atomic E-state index is -0.935. The Morgan fingerprint density at radius 3 is 1.71 bits per heavy atom. The molecule has 0 amide bonds. The van der Waals surface area contributed by atoms with Crippen molar-refractivity contribution in [1.82, 2.24) is 0 Å². The second-order valence-electron chi connectivity index (χ2n) is 2.03. The summed E-state index contributed by atoms with van der Waals surface area (Å²) < 4.78 is 0. The Morgan fingerprint density at radius 1 is 1.29 bits per heavy atom. The number of carbonyl (C=O) groups is 1. The summed E-state index contributed by atoms with van der Waals surface area (Å²) in [4.78, 5) is 34.5. The second kappa shape index (κ2) is 11.0. The van der Waals surface area contributed by atoms with Crippen LogP contribution in [-0.2, 0) is 14.4 Å². The predicted molar refractivity (Wildman–Crippen MR) is 48.4 cm³/mol. The molecule has 0 aliphatic carbocycles. The van der Waals surface area contributed by atoms with E-state index in [9.17, 15) is 14.4 Å². The Bertz CT molecular complexity index is 256. The molecule has 0 fully saturated rings. The van der Waals surface area contributed by atoms with Crippen LogP contribution >= 0.6 is 0 Å². The van der Waals surface area contributed by atoms with Crippen molar-refractivity contribution < 1.29 is 19.5 Å². The van der Waals surface area contributed by atoms with Crippen LogP contribution in [0, 0.1) is 0 Å². The highest BCUT2D eigenvalue weighted by molar-refractivity contribution is 5.84. The van der Waals surface area contributed by atoms with Crippen LogP contribution in [0.5, 0.6) is 0 Å². The van der Waals surface area contributed by atoms with E-state index in [-0.39, 0.29) is 18.7 Å². The number of isocyanates is 2. The zero-order valence-corrected chi connectivity index (χ0v) is 7.69. The summed E-state index contributed by atoms with van der Waals surface area (Å²) in [6.45, 7) is 5.04. The lowest BCUT2D eigenvalue weighted by atomic mass is 10.4. The normalized spacial score (nSPS) is 6.93. The number of carboxylic acid groups (broad SMARTS) is 1. The largest absolute Gasteiger partial charge is 0.478 e. The molecule has 0 spiro atoms. The number of aliphatic imine (C=N–C) groups is 2. The average molecular weight is 198 g/mol. The van der Waals surface area contributed by atoms with E-state index in [4.69, 9.17) is 5.11 Å². The van der Waals surface area contributed by atoms with Crippen molar-refractivity contribution >= 4 is 18.1 Å². The molecule has 0 unspecified atom stereocenters. The molecule has 0 bridgehead atoms. The number of nitrogens with zero attached hydrogens (tertiary/aromatic N) is 2. The molecule has 0 rings (SSSR count). The summed E-state index contributed by atoms with van der Waals surface area (Å²) in [5.41, 5.74) is 0.176. The van der Waals surface area contributed by atoms with Crippen molar-refractivity contribution in [3.63, 3.8) is 0 Å². The number of carbonyl (C=O) groups excluding carboxylic acids is 2. The van der Waals surface area contributed by atoms with E-state index in [2.05, 4.69) is 16.6 Å². The molecule has 76 valence electrons. The third-order valence-corrected chi connectivity index (χ3v) is 0.818. The number of hydrogen-bond acceptors (Lipinski definition) is 5. The first kappa shape index (κ1) is 14.5. The topological polar surface area (TPSA) is 96.2 Å². The Labute approximate surface area is 80.7 Å². The van der Waals surface area contributed by atoms with Crippen molar-refractivity contribution in [3.8, 4) is 0 Å². The van der Waals surface area contributed by atoms with Gasteiger partial charge in [-0.05, 0) is 6.92 Å². The van der Waals surface area contributed by atoms with E-state index in [1.165, 1.54) is 19.1 Å². The maximum atomic E-state index is 9.60. The van der Waals surface area contributed by atoms with Crippen LogP contribution in [0.2, 0.25) is 0 Å². The van der Waals surface area contributed by atoms with Crippen LogP contribution in [0.4, 0.5) is 0 Å². The van der Waals surface area contributed by atoms with Gasteiger partial charge in [-0.25, -0.2) is 24.4 Å². The average Bonchev–Trinajstić information content (AvgIpc) is 2.13. The molecule has 0 aromatic rings. The molecule has 6 heteroatoms. The first-order valence-corrected chi connectivity index (χ1v) is 3.52. The molecule has 0 radical (unpaired) electrons. The smallest absolute Gasteiger partial charge is 0.330 e. The van der Waals surface area contributed by atoms with Crippen LogP contribution in [0.1, 0.15) is 6.92 Å². The fourth-order valence-corrected chi connectivity index (χ4v) is 0.191. The Balaban J connectivity index is 0. The summed E-state index contributed by atoms with van der Waals surface area (Å²) in [6, 6.07) is 0. The summed E-state index contributed by atoms with van der Waals surface area (Å²) in [7, 11) is 0. The number of hydrogen-bond donors (Lipinski definition) is 1. The quantitative estimate of drug-likeness (QED) is 0.304. The molecule has 6 nitrogen and oxygen atoms in total. The predicted octanol–water partition coefficient (Wildman–Crippen LogP) is 0.305. The molecule has 0 aromatic carbocycles. The number of carboxylic acids is 1. The zero-order chi connectivity index (χ0) is 11.4. The van der Waals surface area contributed by atoms with Gasteiger partial charge in [-0.2, -0.15) is 0 Å². The van der Waals surface area contributed by atoms with Crippen molar-refractivity contribution in [1.29, 1.82) is 0 Å². The lowest BCUT2D eigenvalue weighted by molar-refractivity contribution is -0.132. The highest BCUT2D eigenvalue weighted by atomic mass is 16.4. The van der Waals surface area contributed by atoms with Gasteiger partial charge in [-0.1, -0.05) is 6.58 Å². The van der Waals surface area contributed by atoms with Gasteiger partial charge in [0.25, 0.3) is 0 Å². The maximum absolute atomic E-state index is 9.60. The van der Waals surface area contributed by atoms with Gasteiger partial charge in [0.15, 0.2) is 0 Å². The minimum Gasteiger partial charge on any atom is -0.478 e. The van der Waals surface area contributed by atoms with Gasteiger partial charge in [-0.15, -0.1) is 0 Å². The van der Waals surface area contributed by atoms with Gasteiger partial charge in [0.2, 0.25) is 12.2 Å². The van der Waals surface area contributed by atoms with Crippen LogP contribution in [0.15, 0.2) is 22.1 Å². The van der Waals surface area contributed by atoms with E-state index in [0.717, 1.165) is 0 Å². The molecule has 0 aliphatic rings. The fourth-order valence-electron chi connectivity index (χ4n) is 0.191. The van der Waals surface area contributed by atoms with Gasteiger partial charge in [0.1, 0.15) is 0 Å². The molecule has 0 saturated carbocycles. The van der Waals surface area contributed by atoms with Crippen LogP contribution in [-0.4, -0.2) is 36.3 Å². The summed E-state index contributed by atoms with van der Waals surface area (Å²) >= 11 is 0. The first-order chi connectivity index (χ1) is 6.56. The maximum Gasteiger partial charge on any atom is 0.330 e. The van der Waals surface area contributed by atoms with E-state index >= 15 is 0 Å². The molecule has 0 atom stereocenters.